The van der Waals surface area contributed by atoms with E-state index in [4.69, 9.17) is 5.11 Å². The van der Waals surface area contributed by atoms with Crippen LogP contribution >= 0.6 is 22.6 Å². The van der Waals surface area contributed by atoms with Crippen molar-refractivity contribution < 1.29 is 18.3 Å². The highest BCUT2D eigenvalue weighted by Gasteiger charge is 2.27. The molecule has 0 unspecified atom stereocenters. The van der Waals surface area contributed by atoms with Crippen molar-refractivity contribution in [2.45, 2.75) is 18.9 Å². The summed E-state index contributed by atoms with van der Waals surface area (Å²) in [5.41, 5.74) is 0.235. The fraction of sp³-hybridized carbons (Fsp3) is 0.500. The molecule has 1 N–H and O–H groups in total. The summed E-state index contributed by atoms with van der Waals surface area (Å²) in [6.45, 7) is 0. The first-order valence-electron chi connectivity index (χ1n) is 5.20. The fourth-order valence-electron chi connectivity index (χ4n) is 2.07. The summed E-state index contributed by atoms with van der Waals surface area (Å²) in [4.78, 5) is 11.1. The third kappa shape index (κ3) is 2.82. The molecule has 17 heavy (non-hydrogen) atoms. The van der Waals surface area contributed by atoms with E-state index in [0.717, 1.165) is 3.57 Å². The van der Waals surface area contributed by atoms with Crippen LogP contribution in [-0.2, 0) is 9.84 Å². The fourth-order valence-corrected chi connectivity index (χ4v) is 4.14. The predicted molar refractivity (Wildman–Crippen MR) is 71.0 cm³/mol. The Labute approximate surface area is 113 Å². The van der Waals surface area contributed by atoms with Crippen LogP contribution in [0.5, 0.6) is 0 Å². The van der Waals surface area contributed by atoms with Crippen molar-refractivity contribution in [1.82, 2.24) is 4.57 Å². The third-order valence-electron chi connectivity index (χ3n) is 2.95. The van der Waals surface area contributed by atoms with Gasteiger partial charge in [0.05, 0.1) is 11.5 Å². The Balaban J connectivity index is 2.27. The average molecular weight is 369 g/mol. The number of hydrogen-bond acceptors (Lipinski definition) is 3. The Morgan fingerprint density at radius 2 is 2.00 bits per heavy atom. The van der Waals surface area contributed by atoms with E-state index in [1.54, 1.807) is 16.8 Å². The largest absolute Gasteiger partial charge is 0.477 e. The molecular weight excluding hydrogens is 357 g/mol. The van der Waals surface area contributed by atoms with Gasteiger partial charge in [0.25, 0.3) is 0 Å². The van der Waals surface area contributed by atoms with Crippen molar-refractivity contribution in [1.29, 1.82) is 0 Å². The number of rotatable bonds is 2. The zero-order valence-electron chi connectivity index (χ0n) is 8.97. The molecule has 1 aliphatic heterocycles. The molecule has 0 amide bonds. The highest BCUT2D eigenvalue weighted by atomic mass is 127. The number of sulfone groups is 1. The Hall–Kier alpha value is -0.570. The molecule has 1 fully saturated rings. The highest BCUT2D eigenvalue weighted by molar-refractivity contribution is 14.1. The summed E-state index contributed by atoms with van der Waals surface area (Å²) in [5, 5.41) is 9.07. The first-order valence-corrected chi connectivity index (χ1v) is 8.10. The summed E-state index contributed by atoms with van der Waals surface area (Å²) < 4.78 is 25.2. The van der Waals surface area contributed by atoms with E-state index in [0.29, 0.717) is 12.8 Å². The van der Waals surface area contributed by atoms with Gasteiger partial charge in [0.1, 0.15) is 15.5 Å². The average Bonchev–Trinajstić information content (AvgIpc) is 2.60. The van der Waals surface area contributed by atoms with Gasteiger partial charge in [-0.05, 0) is 41.5 Å². The van der Waals surface area contributed by atoms with Crippen LogP contribution in [0.1, 0.15) is 29.4 Å². The SMILES string of the molecule is O=C(O)c1cc(I)cn1C1CCS(=O)(=O)CC1. The smallest absolute Gasteiger partial charge is 0.352 e. The molecule has 0 atom stereocenters. The maximum atomic E-state index is 11.3. The Morgan fingerprint density at radius 1 is 1.41 bits per heavy atom. The van der Waals surface area contributed by atoms with Gasteiger partial charge in [-0.15, -0.1) is 0 Å². The third-order valence-corrected chi connectivity index (χ3v) is 5.26. The zero-order chi connectivity index (χ0) is 12.6. The minimum atomic E-state index is -2.91. The molecule has 2 heterocycles. The molecule has 1 saturated heterocycles. The van der Waals surface area contributed by atoms with E-state index in [2.05, 4.69) is 22.6 Å². The van der Waals surface area contributed by atoms with Gasteiger partial charge >= 0.3 is 5.97 Å². The van der Waals surface area contributed by atoms with E-state index in [1.807, 2.05) is 0 Å². The van der Waals surface area contributed by atoms with E-state index in [9.17, 15) is 13.2 Å². The maximum Gasteiger partial charge on any atom is 0.352 e. The zero-order valence-corrected chi connectivity index (χ0v) is 11.9. The molecule has 7 heteroatoms. The van der Waals surface area contributed by atoms with Crippen LogP contribution in [0, 0.1) is 3.57 Å². The molecule has 0 aromatic carbocycles. The minimum Gasteiger partial charge on any atom is -0.477 e. The molecule has 0 bridgehead atoms. The van der Waals surface area contributed by atoms with Gasteiger partial charge < -0.3 is 9.67 Å². The van der Waals surface area contributed by atoms with Crippen molar-refractivity contribution in [2.24, 2.45) is 0 Å². The van der Waals surface area contributed by atoms with E-state index in [1.165, 1.54) is 0 Å². The van der Waals surface area contributed by atoms with Crippen molar-refractivity contribution in [2.75, 3.05) is 11.5 Å². The lowest BCUT2D eigenvalue weighted by molar-refractivity contribution is 0.0682. The summed E-state index contributed by atoms with van der Waals surface area (Å²) in [6.07, 6.45) is 2.76. The van der Waals surface area contributed by atoms with Gasteiger partial charge in [-0.1, -0.05) is 0 Å². The Bertz CT molecular complexity index is 535. The minimum absolute atomic E-state index is 0.0202. The topological polar surface area (TPSA) is 76.4 Å². The Kier molecular flexibility index (Phi) is 3.48. The predicted octanol–water partition coefficient (Wildman–Crippen LogP) is 1.54. The molecule has 0 spiro atoms. The van der Waals surface area contributed by atoms with Gasteiger partial charge in [0.2, 0.25) is 0 Å². The second kappa shape index (κ2) is 4.60. The number of halogens is 1. The molecule has 1 aliphatic rings. The number of carboxylic acid groups (broad SMARTS) is 1. The molecule has 2 rings (SSSR count). The van der Waals surface area contributed by atoms with Crippen LogP contribution in [0.2, 0.25) is 0 Å². The number of carbonyl (C=O) groups is 1. The van der Waals surface area contributed by atoms with Gasteiger partial charge in [-0.3, -0.25) is 0 Å². The summed E-state index contributed by atoms with van der Waals surface area (Å²) in [7, 11) is -2.91. The first-order chi connectivity index (χ1) is 7.89. The molecule has 5 nitrogen and oxygen atoms in total. The number of aromatic carboxylic acids is 1. The van der Waals surface area contributed by atoms with Crippen LogP contribution in [0.15, 0.2) is 12.3 Å². The molecule has 94 valence electrons. The van der Waals surface area contributed by atoms with Gasteiger partial charge in [0, 0.05) is 15.8 Å². The molecule has 1 aromatic heterocycles. The van der Waals surface area contributed by atoms with E-state index >= 15 is 0 Å². The lowest BCUT2D eigenvalue weighted by atomic mass is 10.1. The molecule has 0 saturated carbocycles. The van der Waals surface area contributed by atoms with Crippen molar-refractivity contribution in [3.63, 3.8) is 0 Å². The van der Waals surface area contributed by atoms with E-state index < -0.39 is 15.8 Å². The van der Waals surface area contributed by atoms with Crippen LogP contribution in [0.25, 0.3) is 0 Å². The van der Waals surface area contributed by atoms with Crippen LogP contribution in [0.4, 0.5) is 0 Å². The lowest BCUT2D eigenvalue weighted by Crippen LogP contribution is -2.26. The Morgan fingerprint density at radius 3 is 2.53 bits per heavy atom. The molecule has 1 aromatic rings. The van der Waals surface area contributed by atoms with Crippen molar-refractivity contribution >= 4 is 38.4 Å². The molecule has 0 radical (unpaired) electrons. The molecular formula is C10H12INO4S. The summed E-state index contributed by atoms with van der Waals surface area (Å²) in [6, 6.07) is 1.58. The standard InChI is InChI=1S/C10H12INO4S/c11-7-5-9(10(13)14)12(6-7)8-1-3-17(15,16)4-2-8/h5-6,8H,1-4H2,(H,13,14). The number of hydrogen-bond donors (Lipinski definition) is 1. The van der Waals surface area contributed by atoms with Crippen LogP contribution in [0.3, 0.4) is 0 Å². The summed E-state index contributed by atoms with van der Waals surface area (Å²) in [5.74, 6) is -0.682. The maximum absolute atomic E-state index is 11.3. The molecule has 0 aliphatic carbocycles. The second-order valence-electron chi connectivity index (χ2n) is 4.14. The summed E-state index contributed by atoms with van der Waals surface area (Å²) >= 11 is 2.06. The quantitative estimate of drug-likeness (QED) is 0.803. The second-order valence-corrected chi connectivity index (χ2v) is 7.69. The first kappa shape index (κ1) is 12.9. The monoisotopic (exact) mass is 369 g/mol. The van der Waals surface area contributed by atoms with Crippen molar-refractivity contribution in [3.05, 3.63) is 21.5 Å². The van der Waals surface area contributed by atoms with Crippen molar-refractivity contribution in [3.8, 4) is 0 Å². The highest BCUT2D eigenvalue weighted by Crippen LogP contribution is 2.27. The number of nitrogens with zero attached hydrogens (tertiary/aromatic N) is 1. The normalized spacial score (nSPS) is 20.3. The lowest BCUT2D eigenvalue weighted by Gasteiger charge is -2.24. The van der Waals surface area contributed by atoms with E-state index in [-0.39, 0.29) is 23.2 Å². The number of carboxylic acids is 1. The van der Waals surface area contributed by atoms with Gasteiger partial charge in [0.15, 0.2) is 0 Å². The number of aromatic nitrogens is 1. The van der Waals surface area contributed by atoms with Crippen LogP contribution in [-0.4, -0.2) is 35.6 Å². The van der Waals surface area contributed by atoms with Gasteiger partial charge in [-0.2, -0.15) is 0 Å². The van der Waals surface area contributed by atoms with Gasteiger partial charge in [-0.25, -0.2) is 13.2 Å². The van der Waals surface area contributed by atoms with Crippen LogP contribution < -0.4 is 0 Å².